The van der Waals surface area contributed by atoms with Gasteiger partial charge in [-0.05, 0) is 97.1 Å². The highest BCUT2D eigenvalue weighted by Gasteiger charge is 2.23. The first-order chi connectivity index (χ1) is 41.6. The normalized spacial score (nSPS) is 12.3. The number of rotatable bonds is 6. The van der Waals surface area contributed by atoms with E-state index in [2.05, 4.69) is 275 Å². The average molecular weight is 1120 g/mol. The van der Waals surface area contributed by atoms with Crippen molar-refractivity contribution >= 4 is 160 Å². The van der Waals surface area contributed by atoms with E-state index in [0.717, 1.165) is 50.7 Å². The van der Waals surface area contributed by atoms with Gasteiger partial charge >= 0.3 is 0 Å². The number of fused-ring (bicyclic) bond motifs is 21. The highest BCUT2D eigenvalue weighted by atomic mass is 32.1. The summed E-state index contributed by atoms with van der Waals surface area (Å²) in [6.45, 7) is 0. The van der Waals surface area contributed by atoms with Gasteiger partial charge in [0.1, 0.15) is 0 Å². The Bertz CT molecular complexity index is 5430. The van der Waals surface area contributed by atoms with Crippen LogP contribution in [0.2, 0.25) is 0 Å². The fraction of sp³-hybridized carbons (Fsp3) is 0. The SMILES string of the molecule is c1cc(-c2cc(-c3cccc(-n4c5ccccc5c5ccc6sc7ccccc7c6c54)c3)nc(-c3cccc(-n4c5ccccc5c5ccc6sc7ccccc7c6c54)c3)n2)cc(-n2c3ccccc3c3ccc4sc5ccccc5c4c32)c1. The van der Waals surface area contributed by atoms with Gasteiger partial charge in [-0.15, -0.1) is 34.0 Å². The number of hydrogen-bond acceptors (Lipinski definition) is 5. The smallest absolute Gasteiger partial charge is 0.160 e. The van der Waals surface area contributed by atoms with Crippen LogP contribution < -0.4 is 0 Å². The summed E-state index contributed by atoms with van der Waals surface area (Å²) in [6.07, 6.45) is 0. The van der Waals surface area contributed by atoms with E-state index in [1.807, 2.05) is 34.0 Å². The van der Waals surface area contributed by atoms with Crippen LogP contribution in [0.15, 0.2) is 261 Å². The van der Waals surface area contributed by atoms with Gasteiger partial charge in [0.05, 0.1) is 44.5 Å². The summed E-state index contributed by atoms with van der Waals surface area (Å²) < 4.78 is 15.1. The van der Waals surface area contributed by atoms with Crippen LogP contribution in [0.3, 0.4) is 0 Å². The molecule has 0 amide bonds. The Morgan fingerprint density at radius 3 is 0.940 bits per heavy atom. The van der Waals surface area contributed by atoms with Gasteiger partial charge in [0.25, 0.3) is 0 Å². The first-order valence-corrected chi connectivity index (χ1v) is 30.8. The standard InChI is InChI=1S/C76H43N5S3/c1-7-28-61-50(22-1)53-34-37-67-70(56-25-4-10-31-64(56)82-67)73(53)79(61)47-19-13-16-44(40-47)59-43-60(45-17-14-20-48(41-45)80-62-29-8-2-23-51(62)54-35-38-68-71(74(54)80)57-26-5-11-32-65(57)83-68)78-76(77-59)46-18-15-21-49(42-46)81-63-30-9-3-24-52(63)55-36-39-69-72(75(55)81)58-27-6-12-33-66(58)84-69/h1-43H. The van der Waals surface area contributed by atoms with E-state index in [-0.39, 0.29) is 0 Å². The molecule has 19 rings (SSSR count). The lowest BCUT2D eigenvalue weighted by Gasteiger charge is -2.15. The highest BCUT2D eigenvalue weighted by Crippen LogP contribution is 2.47. The molecule has 0 spiro atoms. The molecular formula is C76H43N5S3. The van der Waals surface area contributed by atoms with Gasteiger partial charge < -0.3 is 13.7 Å². The molecule has 12 aromatic carbocycles. The summed E-state index contributed by atoms with van der Waals surface area (Å²) in [6, 6.07) is 95.8. The zero-order valence-corrected chi connectivity index (χ0v) is 47.2. The highest BCUT2D eigenvalue weighted by molar-refractivity contribution is 7.26. The maximum atomic E-state index is 5.64. The van der Waals surface area contributed by atoms with Crippen molar-refractivity contribution in [3.8, 4) is 51.0 Å². The minimum atomic E-state index is 0.652. The summed E-state index contributed by atoms with van der Waals surface area (Å²) in [4.78, 5) is 11.3. The second-order valence-corrected chi connectivity index (χ2v) is 25.2. The monoisotopic (exact) mass is 1120 g/mol. The Morgan fingerprint density at radius 1 is 0.238 bits per heavy atom. The first-order valence-electron chi connectivity index (χ1n) is 28.4. The van der Waals surface area contributed by atoms with E-state index in [4.69, 9.17) is 9.97 Å². The molecule has 0 saturated heterocycles. The van der Waals surface area contributed by atoms with Crippen molar-refractivity contribution in [2.45, 2.75) is 0 Å². The Hall–Kier alpha value is -10.2. The zero-order valence-electron chi connectivity index (χ0n) is 44.8. The topological polar surface area (TPSA) is 40.6 Å². The van der Waals surface area contributed by atoms with Gasteiger partial charge in [0, 0.05) is 127 Å². The summed E-state index contributed by atoms with van der Waals surface area (Å²) in [5.41, 5.74) is 15.0. The number of aromatic nitrogens is 5. The predicted molar refractivity (Wildman–Crippen MR) is 360 cm³/mol. The van der Waals surface area contributed by atoms with E-state index >= 15 is 0 Å². The van der Waals surface area contributed by atoms with E-state index in [1.54, 1.807) is 0 Å². The lowest BCUT2D eigenvalue weighted by Crippen LogP contribution is -2.00. The average Bonchev–Trinajstić information content (AvgIpc) is 2.80. The quantitative estimate of drug-likeness (QED) is 0.166. The van der Waals surface area contributed by atoms with Gasteiger partial charge in [-0.1, -0.05) is 164 Å². The molecule has 5 nitrogen and oxygen atoms in total. The summed E-state index contributed by atoms with van der Waals surface area (Å²) in [5.74, 6) is 0.652. The molecule has 0 aliphatic rings. The third kappa shape index (κ3) is 6.64. The van der Waals surface area contributed by atoms with Crippen molar-refractivity contribution in [3.05, 3.63) is 261 Å². The van der Waals surface area contributed by atoms with Crippen molar-refractivity contribution in [1.29, 1.82) is 0 Å². The van der Waals surface area contributed by atoms with Crippen LogP contribution in [0.25, 0.3) is 177 Å². The molecule has 0 radical (unpaired) electrons. The molecule has 0 bridgehead atoms. The van der Waals surface area contributed by atoms with Crippen molar-refractivity contribution in [3.63, 3.8) is 0 Å². The molecule has 19 aromatic rings. The minimum Gasteiger partial charge on any atom is -0.309 e. The second kappa shape index (κ2) is 17.6. The Balaban J connectivity index is 0.847. The van der Waals surface area contributed by atoms with Crippen molar-refractivity contribution in [2.24, 2.45) is 0 Å². The maximum Gasteiger partial charge on any atom is 0.160 e. The molecule has 0 unspecified atom stereocenters. The summed E-state index contributed by atoms with van der Waals surface area (Å²) in [7, 11) is 0. The van der Waals surface area contributed by atoms with E-state index < -0.39 is 0 Å². The fourth-order valence-electron chi connectivity index (χ4n) is 13.9. The van der Waals surface area contributed by atoms with Gasteiger partial charge in [0.15, 0.2) is 5.82 Å². The van der Waals surface area contributed by atoms with Crippen LogP contribution in [0.1, 0.15) is 0 Å². The van der Waals surface area contributed by atoms with Crippen LogP contribution in [-0.4, -0.2) is 23.7 Å². The molecule has 8 heteroatoms. The van der Waals surface area contributed by atoms with Crippen LogP contribution >= 0.6 is 34.0 Å². The lowest BCUT2D eigenvalue weighted by atomic mass is 10.0. The van der Waals surface area contributed by atoms with Crippen LogP contribution in [0.4, 0.5) is 0 Å². The lowest BCUT2D eigenvalue weighted by molar-refractivity contribution is 1.15. The van der Waals surface area contributed by atoms with Crippen molar-refractivity contribution in [2.75, 3.05) is 0 Å². The molecule has 390 valence electrons. The number of nitrogens with zero attached hydrogens (tertiary/aromatic N) is 5. The van der Waals surface area contributed by atoms with E-state index in [1.165, 1.54) is 120 Å². The molecule has 0 fully saturated rings. The summed E-state index contributed by atoms with van der Waals surface area (Å²) >= 11 is 5.58. The second-order valence-electron chi connectivity index (χ2n) is 22.0. The summed E-state index contributed by atoms with van der Waals surface area (Å²) in [5, 5.41) is 15.1. The molecule has 0 atom stereocenters. The van der Waals surface area contributed by atoms with Gasteiger partial charge in [-0.2, -0.15) is 0 Å². The number of para-hydroxylation sites is 3. The molecule has 0 aliphatic heterocycles. The minimum absolute atomic E-state index is 0.652. The number of hydrogen-bond donors (Lipinski definition) is 0. The number of thiophene rings is 3. The Morgan fingerprint density at radius 2 is 0.560 bits per heavy atom. The van der Waals surface area contributed by atoms with Crippen LogP contribution in [0, 0.1) is 0 Å². The van der Waals surface area contributed by atoms with E-state index in [0.29, 0.717) is 5.82 Å². The van der Waals surface area contributed by atoms with Crippen LogP contribution in [-0.2, 0) is 0 Å². The predicted octanol–water partition coefficient (Wildman–Crippen LogP) is 21.9. The maximum absolute atomic E-state index is 5.64. The van der Waals surface area contributed by atoms with E-state index in [9.17, 15) is 0 Å². The van der Waals surface area contributed by atoms with Crippen LogP contribution in [0.5, 0.6) is 0 Å². The van der Waals surface area contributed by atoms with Gasteiger partial charge in [-0.3, -0.25) is 0 Å². The van der Waals surface area contributed by atoms with Crippen molar-refractivity contribution < 1.29 is 0 Å². The fourth-order valence-corrected chi connectivity index (χ4v) is 17.2. The molecule has 0 N–H and O–H groups in total. The Kier molecular flexibility index (Phi) is 9.75. The molecule has 0 aliphatic carbocycles. The molecule has 0 saturated carbocycles. The molecule has 84 heavy (non-hydrogen) atoms. The first kappa shape index (κ1) is 46.4. The molecule has 7 heterocycles. The molecule has 7 aromatic heterocycles. The zero-order chi connectivity index (χ0) is 54.7. The molecular weight excluding hydrogens is 1080 g/mol. The third-order valence-corrected chi connectivity index (χ3v) is 20.8. The third-order valence-electron chi connectivity index (χ3n) is 17.4. The largest absolute Gasteiger partial charge is 0.309 e. The number of benzene rings is 12. The Labute approximate surface area is 492 Å². The van der Waals surface area contributed by atoms with Gasteiger partial charge in [0.2, 0.25) is 0 Å². The van der Waals surface area contributed by atoms with Gasteiger partial charge in [-0.25, -0.2) is 9.97 Å². The van der Waals surface area contributed by atoms with Crippen molar-refractivity contribution in [1.82, 2.24) is 23.7 Å².